The molecule has 0 aliphatic rings. The van der Waals surface area contributed by atoms with Gasteiger partial charge in [0.15, 0.2) is 8.32 Å². The van der Waals surface area contributed by atoms with Gasteiger partial charge in [0, 0.05) is 20.2 Å². The van der Waals surface area contributed by atoms with Gasteiger partial charge in [0.05, 0.1) is 6.61 Å². The van der Waals surface area contributed by atoms with E-state index in [1.807, 2.05) is 7.05 Å². The summed E-state index contributed by atoms with van der Waals surface area (Å²) in [5.74, 6) is 0. The van der Waals surface area contributed by atoms with E-state index < -0.39 is 8.32 Å². The van der Waals surface area contributed by atoms with Gasteiger partial charge in [-0.25, -0.2) is 4.79 Å². The molecule has 0 aromatic carbocycles. The van der Waals surface area contributed by atoms with Crippen molar-refractivity contribution in [2.75, 3.05) is 26.8 Å². The predicted octanol–water partition coefficient (Wildman–Crippen LogP) is 8.95. The van der Waals surface area contributed by atoms with Crippen LogP contribution in [0.4, 0.5) is 4.79 Å². The highest BCUT2D eigenvalue weighted by Crippen LogP contribution is 2.27. The Morgan fingerprint density at radius 1 is 0.781 bits per heavy atom. The van der Waals surface area contributed by atoms with E-state index in [4.69, 9.17) is 9.16 Å². The van der Waals surface area contributed by atoms with Gasteiger partial charge in [-0.05, 0) is 37.9 Å². The first-order chi connectivity index (χ1) is 15.4. The maximum Gasteiger partial charge on any atom is 0.409 e. The maximum atomic E-state index is 12.2. The van der Waals surface area contributed by atoms with Crippen LogP contribution in [0, 0.1) is 0 Å². The summed E-state index contributed by atoms with van der Waals surface area (Å²) in [7, 11) is 0.174. The summed E-state index contributed by atoms with van der Waals surface area (Å²) in [4.78, 5) is 13.9. The van der Waals surface area contributed by atoms with Crippen LogP contribution in [0.5, 0.6) is 0 Å². The van der Waals surface area contributed by atoms with Crippen LogP contribution in [-0.2, 0) is 9.16 Å². The number of rotatable bonds is 22. The molecule has 32 heavy (non-hydrogen) atoms. The van der Waals surface area contributed by atoms with E-state index >= 15 is 0 Å². The molecule has 0 saturated heterocycles. The quantitative estimate of drug-likeness (QED) is 0.117. The van der Waals surface area contributed by atoms with Crippen molar-refractivity contribution in [1.82, 2.24) is 4.90 Å². The molecule has 0 fully saturated rings. The number of amides is 1. The predicted molar refractivity (Wildman–Crippen MR) is 142 cm³/mol. The molecule has 0 spiro atoms. The molecule has 0 aromatic rings. The lowest BCUT2D eigenvalue weighted by molar-refractivity contribution is 0.110. The summed E-state index contributed by atoms with van der Waals surface area (Å²) < 4.78 is 11.5. The molecule has 1 atom stereocenters. The van der Waals surface area contributed by atoms with Gasteiger partial charge in [0.1, 0.15) is 0 Å². The van der Waals surface area contributed by atoms with Crippen LogP contribution in [-0.4, -0.2) is 46.1 Å². The lowest BCUT2D eigenvalue weighted by Gasteiger charge is -2.30. The van der Waals surface area contributed by atoms with E-state index in [0.29, 0.717) is 12.1 Å². The van der Waals surface area contributed by atoms with E-state index in [2.05, 4.69) is 34.2 Å². The molecule has 0 bridgehead atoms. The van der Waals surface area contributed by atoms with Gasteiger partial charge >= 0.3 is 6.09 Å². The smallest absolute Gasteiger partial charge is 0.409 e. The summed E-state index contributed by atoms with van der Waals surface area (Å²) in [6.07, 6.45) is 19.7. The van der Waals surface area contributed by atoms with Crippen LogP contribution in [0.25, 0.3) is 0 Å². The van der Waals surface area contributed by atoms with E-state index in [-0.39, 0.29) is 6.09 Å². The van der Waals surface area contributed by atoms with Gasteiger partial charge in [-0.1, -0.05) is 104 Å². The Kier molecular flexibility index (Phi) is 20.6. The van der Waals surface area contributed by atoms with E-state index in [1.165, 1.54) is 83.5 Å². The molecule has 0 heterocycles. The molecular formula is C27H57NO3Si. The first-order valence-corrected chi connectivity index (χ1v) is 16.6. The van der Waals surface area contributed by atoms with E-state index in [9.17, 15) is 4.79 Å². The van der Waals surface area contributed by atoms with E-state index in [1.54, 1.807) is 4.90 Å². The summed E-state index contributed by atoms with van der Waals surface area (Å²) in [5.41, 5.74) is 0.584. The Balaban J connectivity index is 3.56. The minimum absolute atomic E-state index is 0.177. The van der Waals surface area contributed by atoms with Crippen molar-refractivity contribution < 1.29 is 14.0 Å². The highest BCUT2D eigenvalue weighted by Gasteiger charge is 2.32. The lowest BCUT2D eigenvalue weighted by Crippen LogP contribution is -2.38. The standard InChI is InChI=1S/C27H57NO3Si/c1-7-9-10-11-12-13-14-15-16-17-18-19-20-21-23-28(5)27(29)30-24-22-25-32(6,26(3)4)31-8-2/h26H,7-25H2,1-6H3. The Labute approximate surface area is 202 Å². The SMILES string of the molecule is CCCCCCCCCCCCCCCCN(C)C(=O)OCCC[Si](C)(OCC)C(C)C. The van der Waals surface area contributed by atoms with Gasteiger partial charge in [-0.2, -0.15) is 0 Å². The maximum absolute atomic E-state index is 12.2. The minimum Gasteiger partial charge on any atom is -0.449 e. The fraction of sp³-hybridized carbons (Fsp3) is 0.963. The largest absolute Gasteiger partial charge is 0.449 e. The molecule has 0 saturated carbocycles. The molecule has 4 nitrogen and oxygen atoms in total. The first kappa shape index (κ1) is 31.4. The minimum atomic E-state index is -1.68. The Hall–Kier alpha value is -0.553. The van der Waals surface area contributed by atoms with E-state index in [0.717, 1.165) is 32.0 Å². The third-order valence-electron chi connectivity index (χ3n) is 6.90. The summed E-state index contributed by atoms with van der Waals surface area (Å²) in [6.45, 7) is 13.2. The number of carbonyl (C=O) groups is 1. The number of carbonyl (C=O) groups excluding carboxylic acids is 1. The Morgan fingerprint density at radius 2 is 1.25 bits per heavy atom. The Morgan fingerprint density at radius 3 is 1.69 bits per heavy atom. The van der Waals surface area contributed by atoms with Crippen molar-refractivity contribution in [1.29, 1.82) is 0 Å². The van der Waals surface area contributed by atoms with Crippen molar-refractivity contribution in [3.63, 3.8) is 0 Å². The highest BCUT2D eigenvalue weighted by atomic mass is 28.4. The van der Waals surface area contributed by atoms with Crippen LogP contribution in [0.15, 0.2) is 0 Å². The fourth-order valence-electron chi connectivity index (χ4n) is 4.18. The summed E-state index contributed by atoms with van der Waals surface area (Å²) >= 11 is 0. The zero-order valence-electron chi connectivity index (χ0n) is 22.7. The van der Waals surface area contributed by atoms with Gasteiger partial charge < -0.3 is 14.1 Å². The van der Waals surface area contributed by atoms with Gasteiger partial charge in [0.25, 0.3) is 0 Å². The molecular weight excluding hydrogens is 414 g/mol. The number of nitrogens with zero attached hydrogens (tertiary/aromatic N) is 1. The molecule has 0 N–H and O–H groups in total. The third-order valence-corrected chi connectivity index (χ3v) is 11.6. The monoisotopic (exact) mass is 471 g/mol. The molecule has 1 amide bonds. The van der Waals surface area contributed by atoms with Crippen molar-refractivity contribution in [2.45, 2.75) is 142 Å². The average Bonchev–Trinajstić information content (AvgIpc) is 2.76. The van der Waals surface area contributed by atoms with Crippen LogP contribution in [0.3, 0.4) is 0 Å². The van der Waals surface area contributed by atoms with Crippen LogP contribution >= 0.6 is 0 Å². The normalized spacial score (nSPS) is 13.3. The third kappa shape index (κ3) is 17.0. The molecule has 0 aliphatic heterocycles. The summed E-state index contributed by atoms with van der Waals surface area (Å²) in [6, 6.07) is 1.05. The second kappa shape index (κ2) is 21.0. The zero-order chi connectivity index (χ0) is 24.1. The molecule has 1 unspecified atom stereocenters. The van der Waals surface area contributed by atoms with Gasteiger partial charge in [-0.3, -0.25) is 0 Å². The van der Waals surface area contributed by atoms with Crippen LogP contribution in [0.1, 0.15) is 124 Å². The van der Waals surface area contributed by atoms with Gasteiger partial charge in [0.2, 0.25) is 0 Å². The first-order valence-electron chi connectivity index (χ1n) is 13.9. The van der Waals surface area contributed by atoms with Crippen molar-refractivity contribution in [2.24, 2.45) is 0 Å². The molecule has 5 heteroatoms. The number of ether oxygens (including phenoxy) is 1. The molecule has 0 aromatic heterocycles. The number of unbranched alkanes of at least 4 members (excludes halogenated alkanes) is 13. The number of hydrogen-bond donors (Lipinski definition) is 0. The highest BCUT2D eigenvalue weighted by molar-refractivity contribution is 6.73. The molecule has 0 radical (unpaired) electrons. The molecule has 0 rings (SSSR count). The molecule has 0 aliphatic carbocycles. The van der Waals surface area contributed by atoms with Crippen LogP contribution in [0.2, 0.25) is 18.1 Å². The second-order valence-electron chi connectivity index (χ2n) is 10.1. The number of hydrogen-bond acceptors (Lipinski definition) is 3. The van der Waals surface area contributed by atoms with Crippen molar-refractivity contribution in [3.05, 3.63) is 0 Å². The molecule has 192 valence electrons. The lowest BCUT2D eigenvalue weighted by atomic mass is 10.0. The van der Waals surface area contributed by atoms with Gasteiger partial charge in [-0.15, -0.1) is 0 Å². The van der Waals surface area contributed by atoms with Crippen LogP contribution < -0.4 is 0 Å². The average molecular weight is 472 g/mol. The summed E-state index contributed by atoms with van der Waals surface area (Å²) in [5, 5.41) is 0. The zero-order valence-corrected chi connectivity index (χ0v) is 23.7. The fourth-order valence-corrected chi connectivity index (χ4v) is 6.75. The van der Waals surface area contributed by atoms with Crippen molar-refractivity contribution >= 4 is 14.4 Å². The topological polar surface area (TPSA) is 38.8 Å². The van der Waals surface area contributed by atoms with Crippen molar-refractivity contribution in [3.8, 4) is 0 Å². The second-order valence-corrected chi connectivity index (χ2v) is 14.7. The Bertz CT molecular complexity index is 433.